The van der Waals surface area contributed by atoms with Gasteiger partial charge in [0.2, 0.25) is 0 Å². The maximum Gasteiger partial charge on any atom is 0.180 e. The Hall–Kier alpha value is -1.09. The van der Waals surface area contributed by atoms with E-state index in [2.05, 4.69) is 5.10 Å². The largest absolute Gasteiger partial charge is 0.383 e. The lowest BCUT2D eigenvalue weighted by molar-refractivity contribution is 0.583. The number of nitrogens with two attached hydrogens (primary N) is 1. The van der Waals surface area contributed by atoms with Gasteiger partial charge in [-0.05, 0) is 0 Å². The van der Waals surface area contributed by atoms with E-state index in [0.717, 1.165) is 12.5 Å². The molecule has 0 atom stereocenters. The number of hydrogen-bond acceptors (Lipinski definition) is 6. The molecule has 0 radical (unpaired) electrons. The molecule has 0 aliphatic carbocycles. The van der Waals surface area contributed by atoms with Crippen molar-refractivity contribution in [2.24, 2.45) is 0 Å². The highest BCUT2D eigenvalue weighted by molar-refractivity contribution is 7.91. The van der Waals surface area contributed by atoms with Gasteiger partial charge in [-0.2, -0.15) is 5.10 Å². The molecule has 0 aromatic carbocycles. The minimum absolute atomic E-state index is 0.0289. The zero-order valence-corrected chi connectivity index (χ0v) is 11.3. The third kappa shape index (κ3) is 3.43. The molecule has 1 aromatic rings. The van der Waals surface area contributed by atoms with Crippen LogP contribution in [0.1, 0.15) is 6.92 Å². The highest BCUT2D eigenvalue weighted by Gasteiger charge is 2.17. The number of nitrogens with zero attached hydrogens (tertiary/aromatic N) is 2. The second-order valence-corrected chi connectivity index (χ2v) is 8.08. The first kappa shape index (κ1) is 14.0. The minimum atomic E-state index is -3.43. The summed E-state index contributed by atoms with van der Waals surface area (Å²) >= 11 is 0. The van der Waals surface area contributed by atoms with Crippen molar-refractivity contribution in [2.45, 2.75) is 18.4 Å². The van der Waals surface area contributed by atoms with Crippen LogP contribution >= 0.6 is 0 Å². The maximum atomic E-state index is 11.3. The molecular weight excluding hydrogens is 266 g/mol. The summed E-state index contributed by atoms with van der Waals surface area (Å²) < 4.78 is 46.3. The average molecular weight is 281 g/mol. The fraction of sp³-hybridized carbons (Fsp3) is 0.625. The van der Waals surface area contributed by atoms with Crippen molar-refractivity contribution in [2.75, 3.05) is 23.5 Å². The highest BCUT2D eigenvalue weighted by atomic mass is 32.2. The molecule has 9 heteroatoms. The maximum absolute atomic E-state index is 11.3. The van der Waals surface area contributed by atoms with Gasteiger partial charge in [0.05, 0.1) is 18.5 Å². The Bertz CT molecular complexity index is 601. The van der Waals surface area contributed by atoms with Crippen LogP contribution in [0.15, 0.2) is 11.1 Å². The zero-order chi connectivity index (χ0) is 13.3. The molecule has 0 unspecified atom stereocenters. The van der Waals surface area contributed by atoms with Crippen molar-refractivity contribution in [3.63, 3.8) is 0 Å². The van der Waals surface area contributed by atoms with Crippen LogP contribution in [0.25, 0.3) is 0 Å². The quantitative estimate of drug-likeness (QED) is 0.764. The van der Waals surface area contributed by atoms with E-state index in [9.17, 15) is 16.8 Å². The van der Waals surface area contributed by atoms with Crippen molar-refractivity contribution in [3.05, 3.63) is 6.20 Å². The van der Waals surface area contributed by atoms with E-state index >= 15 is 0 Å². The molecule has 0 saturated carbocycles. The summed E-state index contributed by atoms with van der Waals surface area (Å²) in [6, 6.07) is 0. The van der Waals surface area contributed by atoms with Gasteiger partial charge in [-0.15, -0.1) is 0 Å². The number of sulfone groups is 2. The van der Waals surface area contributed by atoms with Crippen LogP contribution in [-0.2, 0) is 26.2 Å². The van der Waals surface area contributed by atoms with Gasteiger partial charge in [0.1, 0.15) is 10.7 Å². The molecule has 0 aliphatic heterocycles. The molecule has 0 spiro atoms. The Morgan fingerprint density at radius 2 is 1.94 bits per heavy atom. The lowest BCUT2D eigenvalue weighted by atomic mass is 10.6. The molecule has 7 nitrogen and oxygen atoms in total. The summed E-state index contributed by atoms with van der Waals surface area (Å²) in [5, 5.41) is 3.77. The van der Waals surface area contributed by atoms with E-state index in [0.29, 0.717) is 0 Å². The number of anilines is 1. The van der Waals surface area contributed by atoms with Crippen molar-refractivity contribution >= 4 is 25.5 Å². The average Bonchev–Trinajstić information content (AvgIpc) is 2.56. The Kier molecular flexibility index (Phi) is 3.82. The van der Waals surface area contributed by atoms with Crippen molar-refractivity contribution < 1.29 is 16.8 Å². The smallest absolute Gasteiger partial charge is 0.180 e. The summed E-state index contributed by atoms with van der Waals surface area (Å²) in [5.41, 5.74) is 5.59. The van der Waals surface area contributed by atoms with Gasteiger partial charge >= 0.3 is 0 Å². The van der Waals surface area contributed by atoms with Gasteiger partial charge < -0.3 is 5.73 Å². The third-order valence-electron chi connectivity index (χ3n) is 2.30. The number of rotatable bonds is 5. The number of aryl methyl sites for hydroxylation is 1. The van der Waals surface area contributed by atoms with Gasteiger partial charge in [-0.1, -0.05) is 6.92 Å². The van der Waals surface area contributed by atoms with E-state index in [1.807, 2.05) is 0 Å². The molecule has 1 aromatic heterocycles. The molecule has 98 valence electrons. The second-order valence-electron chi connectivity index (χ2n) is 3.63. The van der Waals surface area contributed by atoms with Crippen LogP contribution in [0.4, 0.5) is 5.82 Å². The second kappa shape index (κ2) is 4.65. The van der Waals surface area contributed by atoms with Crippen LogP contribution in [0.3, 0.4) is 0 Å². The first-order valence-electron chi connectivity index (χ1n) is 4.89. The Morgan fingerprint density at radius 1 is 1.35 bits per heavy atom. The van der Waals surface area contributed by atoms with Crippen molar-refractivity contribution in [3.8, 4) is 0 Å². The number of nitrogen functional groups attached to an aromatic ring is 1. The van der Waals surface area contributed by atoms with Crippen molar-refractivity contribution in [1.29, 1.82) is 0 Å². The topological polar surface area (TPSA) is 112 Å². The first-order valence-corrected chi connectivity index (χ1v) is 8.60. The summed E-state index contributed by atoms with van der Waals surface area (Å²) in [4.78, 5) is -0.0774. The monoisotopic (exact) mass is 281 g/mol. The van der Waals surface area contributed by atoms with Gasteiger partial charge in [0.25, 0.3) is 0 Å². The minimum Gasteiger partial charge on any atom is -0.383 e. The molecule has 0 bridgehead atoms. The lowest BCUT2D eigenvalue weighted by Gasteiger charge is -2.04. The Balaban J connectivity index is 2.93. The molecule has 2 N–H and O–H groups in total. The molecule has 0 amide bonds. The molecular formula is C8H15N3O4S2. The fourth-order valence-corrected chi connectivity index (χ4v) is 2.68. The molecule has 0 saturated heterocycles. The van der Waals surface area contributed by atoms with E-state index in [4.69, 9.17) is 5.73 Å². The van der Waals surface area contributed by atoms with E-state index in [1.54, 1.807) is 6.92 Å². The van der Waals surface area contributed by atoms with Gasteiger partial charge in [-0.3, -0.25) is 0 Å². The number of aromatic nitrogens is 2. The normalized spacial score (nSPS) is 12.8. The third-order valence-corrected chi connectivity index (χ3v) is 5.10. The molecule has 0 aliphatic rings. The SMILES string of the molecule is CCS(=O)(=O)CCn1ncc(S(C)(=O)=O)c1N. The van der Waals surface area contributed by atoms with Gasteiger partial charge in [0, 0.05) is 12.0 Å². The van der Waals surface area contributed by atoms with Gasteiger partial charge in [0.15, 0.2) is 19.7 Å². The predicted molar refractivity (Wildman–Crippen MR) is 64.1 cm³/mol. The summed E-state index contributed by atoms with van der Waals surface area (Å²) in [7, 11) is -6.56. The Morgan fingerprint density at radius 3 is 2.35 bits per heavy atom. The van der Waals surface area contributed by atoms with E-state index < -0.39 is 19.7 Å². The van der Waals surface area contributed by atoms with Crippen LogP contribution in [0.5, 0.6) is 0 Å². The van der Waals surface area contributed by atoms with Crippen molar-refractivity contribution in [1.82, 2.24) is 9.78 Å². The fourth-order valence-electron chi connectivity index (χ4n) is 1.21. The molecule has 0 fully saturated rings. The van der Waals surface area contributed by atoms with E-state index in [-0.39, 0.29) is 28.8 Å². The van der Waals surface area contributed by atoms with Crippen LogP contribution < -0.4 is 5.73 Å². The molecule has 1 heterocycles. The summed E-state index contributed by atoms with van der Waals surface area (Å²) in [6.07, 6.45) is 2.15. The van der Waals surface area contributed by atoms with Crippen LogP contribution in [-0.4, -0.2) is 44.4 Å². The summed E-state index contributed by atoms with van der Waals surface area (Å²) in [6.45, 7) is 1.60. The molecule has 1 rings (SSSR count). The van der Waals surface area contributed by atoms with Crippen LogP contribution in [0, 0.1) is 0 Å². The zero-order valence-electron chi connectivity index (χ0n) is 9.62. The van der Waals surface area contributed by atoms with E-state index in [1.165, 1.54) is 4.68 Å². The Labute approximate surface area is 100 Å². The predicted octanol–water partition coefficient (Wildman–Crippen LogP) is -0.696. The van der Waals surface area contributed by atoms with Crippen LogP contribution in [0.2, 0.25) is 0 Å². The summed E-state index contributed by atoms with van der Waals surface area (Å²) in [5.74, 6) is -0.107. The first-order chi connectivity index (χ1) is 7.67. The molecule has 17 heavy (non-hydrogen) atoms. The number of hydrogen-bond donors (Lipinski definition) is 1. The standard InChI is InChI=1S/C8H15N3O4S2/c1-3-17(14,15)5-4-11-8(9)7(6-10-11)16(2,12)13/h6H,3-5,9H2,1-2H3. The highest BCUT2D eigenvalue weighted by Crippen LogP contribution is 2.17. The lowest BCUT2D eigenvalue weighted by Crippen LogP contribution is -2.17. The van der Waals surface area contributed by atoms with Gasteiger partial charge in [-0.25, -0.2) is 21.5 Å².